The van der Waals surface area contributed by atoms with Crippen LogP contribution in [0.15, 0.2) is 24.3 Å². The highest BCUT2D eigenvalue weighted by Crippen LogP contribution is 2.12. The van der Waals surface area contributed by atoms with Crippen LogP contribution in [0.25, 0.3) is 0 Å². The predicted molar refractivity (Wildman–Crippen MR) is 42.9 cm³/mol. The number of nitrogens with zero attached hydrogens (tertiary/aromatic N) is 1. The van der Waals surface area contributed by atoms with E-state index in [9.17, 15) is 9.70 Å². The molecule has 1 aromatic rings. The summed E-state index contributed by atoms with van der Waals surface area (Å²) in [6, 6.07) is 5.79. The highest BCUT2D eigenvalue weighted by atomic mass is 16.6. The van der Waals surface area contributed by atoms with Crippen molar-refractivity contribution in [1.29, 1.82) is 0 Å². The number of hydrogen-bond donors (Lipinski definition) is 2. The molecule has 0 atom stereocenters. The Bertz CT molecular complexity index is 348. The fourth-order valence-corrected chi connectivity index (χ4v) is 0.960. The molecular formula is C8H8NO4+. The minimum atomic E-state index is -0.979. The fourth-order valence-electron chi connectivity index (χ4n) is 0.960. The molecule has 0 bridgehead atoms. The molecule has 5 nitrogen and oxygen atoms in total. The van der Waals surface area contributed by atoms with Gasteiger partial charge in [-0.15, -0.1) is 0 Å². The van der Waals surface area contributed by atoms with Gasteiger partial charge in [0.1, 0.15) is 0 Å². The molecule has 0 unspecified atom stereocenters. The van der Waals surface area contributed by atoms with Crippen molar-refractivity contribution in [2.24, 2.45) is 0 Å². The van der Waals surface area contributed by atoms with E-state index in [1.807, 2.05) is 0 Å². The van der Waals surface area contributed by atoms with Crippen molar-refractivity contribution in [2.75, 3.05) is 0 Å². The Labute approximate surface area is 73.8 Å². The Morgan fingerprint density at radius 3 is 2.69 bits per heavy atom. The highest BCUT2D eigenvalue weighted by molar-refractivity contribution is 5.70. The Hall–Kier alpha value is -1.91. The predicted octanol–water partition coefficient (Wildman–Crippen LogP) is 1.11. The topological polar surface area (TPSA) is 77.6 Å². The van der Waals surface area contributed by atoms with Crippen molar-refractivity contribution in [2.45, 2.75) is 6.42 Å². The quantitative estimate of drug-likeness (QED) is 0.686. The molecule has 13 heavy (non-hydrogen) atoms. The van der Waals surface area contributed by atoms with Crippen molar-refractivity contribution < 1.29 is 20.0 Å². The molecular weight excluding hydrogens is 174 g/mol. The van der Waals surface area contributed by atoms with Crippen LogP contribution in [0.3, 0.4) is 0 Å². The van der Waals surface area contributed by atoms with Gasteiger partial charge in [-0.25, -0.2) is 5.21 Å². The summed E-state index contributed by atoms with van der Waals surface area (Å²) >= 11 is 0. The van der Waals surface area contributed by atoms with Gasteiger partial charge in [-0.05, 0) is 5.56 Å². The number of aliphatic carboxylic acids is 1. The number of carbonyl (C=O) groups is 1. The summed E-state index contributed by atoms with van der Waals surface area (Å²) in [7, 11) is 0. The second-order valence-electron chi connectivity index (χ2n) is 2.51. The number of hydrogen-bond acceptors (Lipinski definition) is 2. The first-order valence-corrected chi connectivity index (χ1v) is 3.56. The molecule has 0 saturated heterocycles. The largest absolute Gasteiger partial charge is 0.481 e. The van der Waals surface area contributed by atoms with E-state index in [2.05, 4.69) is 0 Å². The second kappa shape index (κ2) is 3.66. The van der Waals surface area contributed by atoms with E-state index in [4.69, 9.17) is 10.3 Å². The van der Waals surface area contributed by atoms with Crippen LogP contribution < -0.4 is 0 Å². The van der Waals surface area contributed by atoms with E-state index in [1.54, 1.807) is 6.07 Å². The third-order valence-electron chi connectivity index (χ3n) is 1.49. The van der Waals surface area contributed by atoms with E-state index in [1.165, 1.54) is 18.2 Å². The van der Waals surface area contributed by atoms with Gasteiger partial charge >= 0.3 is 11.7 Å². The summed E-state index contributed by atoms with van der Waals surface area (Å²) in [5.74, 6) is -0.979. The summed E-state index contributed by atoms with van der Waals surface area (Å²) in [4.78, 5) is 20.4. The molecule has 0 aliphatic rings. The highest BCUT2D eigenvalue weighted by Gasteiger charge is 2.12. The SMILES string of the molecule is O=C(O)Cc1cccc([N+](=O)O)c1. The first-order chi connectivity index (χ1) is 6.09. The van der Waals surface area contributed by atoms with E-state index < -0.39 is 5.97 Å². The third-order valence-corrected chi connectivity index (χ3v) is 1.49. The fraction of sp³-hybridized carbons (Fsp3) is 0.125. The van der Waals surface area contributed by atoms with E-state index in [-0.39, 0.29) is 17.0 Å². The molecule has 0 radical (unpaired) electrons. The van der Waals surface area contributed by atoms with Crippen molar-refractivity contribution in [3.63, 3.8) is 0 Å². The summed E-state index contributed by atoms with van der Waals surface area (Å²) in [5, 5.41) is 17.0. The van der Waals surface area contributed by atoms with Crippen LogP contribution in [0.5, 0.6) is 0 Å². The second-order valence-corrected chi connectivity index (χ2v) is 2.51. The molecule has 0 amide bonds. The van der Waals surface area contributed by atoms with Gasteiger partial charge in [0.25, 0.3) is 4.92 Å². The van der Waals surface area contributed by atoms with E-state index >= 15 is 0 Å². The molecule has 0 saturated carbocycles. The van der Waals surface area contributed by atoms with Crippen LogP contribution in [-0.2, 0) is 11.2 Å². The summed E-state index contributed by atoms with van der Waals surface area (Å²) in [6.45, 7) is 0. The minimum Gasteiger partial charge on any atom is -0.481 e. The Balaban J connectivity index is 2.91. The molecule has 0 heterocycles. The molecule has 0 aliphatic heterocycles. The van der Waals surface area contributed by atoms with Gasteiger partial charge in [0.05, 0.1) is 11.3 Å². The van der Waals surface area contributed by atoms with Crippen LogP contribution in [0.1, 0.15) is 5.56 Å². The average Bonchev–Trinajstić information content (AvgIpc) is 2.03. The molecule has 0 spiro atoms. The summed E-state index contributed by atoms with van der Waals surface area (Å²) < 4.78 is 0. The lowest BCUT2D eigenvalue weighted by Gasteiger charge is -1.93. The molecule has 0 aliphatic carbocycles. The maximum atomic E-state index is 10.4. The zero-order valence-electron chi connectivity index (χ0n) is 6.67. The van der Waals surface area contributed by atoms with Gasteiger partial charge < -0.3 is 5.11 Å². The van der Waals surface area contributed by atoms with Gasteiger partial charge in [-0.3, -0.25) is 4.79 Å². The Morgan fingerprint density at radius 2 is 2.15 bits per heavy atom. The zero-order valence-corrected chi connectivity index (χ0v) is 6.67. The molecule has 1 rings (SSSR count). The maximum Gasteiger partial charge on any atom is 0.316 e. The van der Waals surface area contributed by atoms with Gasteiger partial charge in [0, 0.05) is 12.1 Å². The number of benzene rings is 1. The molecule has 0 aromatic heterocycles. The summed E-state index contributed by atoms with van der Waals surface area (Å²) in [5.41, 5.74) is 0.499. The molecule has 1 aromatic carbocycles. The lowest BCUT2D eigenvalue weighted by atomic mass is 10.1. The van der Waals surface area contributed by atoms with Gasteiger partial charge in [0.15, 0.2) is 0 Å². The zero-order chi connectivity index (χ0) is 9.84. The summed E-state index contributed by atoms with van der Waals surface area (Å²) in [6.07, 6.45) is -0.165. The lowest BCUT2D eigenvalue weighted by molar-refractivity contribution is -0.729. The first-order valence-electron chi connectivity index (χ1n) is 3.56. The van der Waals surface area contributed by atoms with Crippen molar-refractivity contribution >= 4 is 11.7 Å². The molecule has 5 heteroatoms. The molecule has 68 valence electrons. The minimum absolute atomic E-state index is 0.0266. The van der Waals surface area contributed by atoms with Gasteiger partial charge in [-0.2, -0.15) is 0 Å². The van der Waals surface area contributed by atoms with Crippen LogP contribution in [0, 0.1) is 4.91 Å². The normalized spacial score (nSPS) is 9.54. The molecule has 0 fully saturated rings. The number of carboxylic acid groups (broad SMARTS) is 1. The maximum absolute atomic E-state index is 10.4. The van der Waals surface area contributed by atoms with Gasteiger partial charge in [-0.1, -0.05) is 12.1 Å². The standard InChI is InChI=1S/C8H7NO4/c10-8(11)5-6-2-1-3-7(4-6)9(12)13/h1-4H,5H2,(H-,10,11,12,13)/p+1. The number of carboxylic acids is 1. The van der Waals surface area contributed by atoms with Crippen LogP contribution in [-0.4, -0.2) is 21.2 Å². The van der Waals surface area contributed by atoms with E-state index in [0.29, 0.717) is 5.56 Å². The van der Waals surface area contributed by atoms with E-state index in [0.717, 1.165) is 0 Å². The Morgan fingerprint density at radius 1 is 1.46 bits per heavy atom. The van der Waals surface area contributed by atoms with Crippen molar-refractivity contribution in [1.82, 2.24) is 0 Å². The van der Waals surface area contributed by atoms with Crippen molar-refractivity contribution in [3.05, 3.63) is 34.7 Å². The molecule has 2 N–H and O–H groups in total. The number of rotatable bonds is 3. The monoisotopic (exact) mass is 182 g/mol. The van der Waals surface area contributed by atoms with Crippen molar-refractivity contribution in [3.8, 4) is 0 Å². The Kier molecular flexibility index (Phi) is 2.59. The first kappa shape index (κ1) is 9.18. The average molecular weight is 182 g/mol. The third kappa shape index (κ3) is 2.55. The van der Waals surface area contributed by atoms with Crippen LogP contribution >= 0.6 is 0 Å². The van der Waals surface area contributed by atoms with Crippen LogP contribution in [0.2, 0.25) is 0 Å². The smallest absolute Gasteiger partial charge is 0.316 e. The van der Waals surface area contributed by atoms with Gasteiger partial charge in [0.2, 0.25) is 0 Å². The lowest BCUT2D eigenvalue weighted by Crippen LogP contribution is -2.00. The van der Waals surface area contributed by atoms with Crippen LogP contribution in [0.4, 0.5) is 5.69 Å².